The van der Waals surface area contributed by atoms with Crippen molar-refractivity contribution in [2.45, 2.75) is 32.0 Å². The van der Waals surface area contributed by atoms with Crippen molar-refractivity contribution in [1.29, 1.82) is 0 Å². The second-order valence-electron chi connectivity index (χ2n) is 8.60. The molecule has 4 heterocycles. The summed E-state index contributed by atoms with van der Waals surface area (Å²) in [6, 6.07) is 7.97. The molecule has 2 aromatic heterocycles. The third kappa shape index (κ3) is 4.53. The molecule has 6 nitrogen and oxygen atoms in total. The molecule has 2 aliphatic rings. The van der Waals surface area contributed by atoms with Crippen LogP contribution in [0.1, 0.15) is 24.6 Å². The highest BCUT2D eigenvalue weighted by Gasteiger charge is 2.39. The SMILES string of the molecule is CC1CN(c2ncsc2C(F)(F)F)CCN1c1cc(-c2ccc(F)cc2)nc(N2CCCC2)n1. The first-order chi connectivity index (χ1) is 16.3. The molecule has 2 fully saturated rings. The minimum atomic E-state index is -4.42. The third-order valence-electron chi connectivity index (χ3n) is 6.26. The van der Waals surface area contributed by atoms with Crippen molar-refractivity contribution in [2.75, 3.05) is 47.4 Å². The summed E-state index contributed by atoms with van der Waals surface area (Å²) in [7, 11) is 0. The van der Waals surface area contributed by atoms with Gasteiger partial charge in [0.1, 0.15) is 11.6 Å². The Morgan fingerprint density at radius 1 is 0.971 bits per heavy atom. The largest absolute Gasteiger partial charge is 0.429 e. The molecule has 0 radical (unpaired) electrons. The van der Waals surface area contributed by atoms with E-state index in [0.717, 1.165) is 37.3 Å². The highest BCUT2D eigenvalue weighted by atomic mass is 32.1. The Morgan fingerprint density at radius 3 is 2.38 bits per heavy atom. The molecular weight excluding hydrogens is 468 g/mol. The van der Waals surface area contributed by atoms with Crippen molar-refractivity contribution in [2.24, 2.45) is 0 Å². The predicted octanol–water partition coefficient (Wildman–Crippen LogP) is 5.07. The molecule has 0 amide bonds. The van der Waals surface area contributed by atoms with Gasteiger partial charge in [-0.15, -0.1) is 11.3 Å². The molecule has 11 heteroatoms. The molecule has 0 spiro atoms. The molecule has 3 aromatic rings. The van der Waals surface area contributed by atoms with Crippen LogP contribution in [0.4, 0.5) is 35.1 Å². The van der Waals surface area contributed by atoms with Crippen LogP contribution in [0.2, 0.25) is 0 Å². The fraction of sp³-hybridized carbons (Fsp3) is 0.435. The maximum atomic E-state index is 13.5. The van der Waals surface area contributed by atoms with Gasteiger partial charge in [0.05, 0.1) is 11.2 Å². The van der Waals surface area contributed by atoms with E-state index in [2.05, 4.69) is 14.8 Å². The summed E-state index contributed by atoms with van der Waals surface area (Å²) in [4.78, 5) is 18.9. The lowest BCUT2D eigenvalue weighted by atomic mass is 10.1. The van der Waals surface area contributed by atoms with Crippen molar-refractivity contribution in [1.82, 2.24) is 15.0 Å². The van der Waals surface area contributed by atoms with E-state index in [1.54, 1.807) is 17.0 Å². The summed E-state index contributed by atoms with van der Waals surface area (Å²) in [6.07, 6.45) is -2.27. The topological polar surface area (TPSA) is 48.4 Å². The third-order valence-corrected chi connectivity index (χ3v) is 7.12. The van der Waals surface area contributed by atoms with Gasteiger partial charge < -0.3 is 14.7 Å². The van der Waals surface area contributed by atoms with Crippen molar-refractivity contribution in [3.63, 3.8) is 0 Å². The molecular formula is C23H24F4N6S. The Balaban J connectivity index is 1.44. The number of anilines is 3. The molecule has 1 atom stereocenters. The van der Waals surface area contributed by atoms with Gasteiger partial charge in [-0.3, -0.25) is 0 Å². The number of rotatable bonds is 4. The van der Waals surface area contributed by atoms with Gasteiger partial charge in [0.25, 0.3) is 0 Å². The average molecular weight is 493 g/mol. The van der Waals surface area contributed by atoms with Crippen LogP contribution in [0.3, 0.4) is 0 Å². The molecule has 5 rings (SSSR count). The summed E-state index contributed by atoms with van der Waals surface area (Å²) in [5.74, 6) is 1.03. The zero-order chi connectivity index (χ0) is 23.9. The van der Waals surface area contributed by atoms with Gasteiger partial charge in [0, 0.05) is 50.4 Å². The van der Waals surface area contributed by atoms with Crippen LogP contribution in [0.25, 0.3) is 11.3 Å². The number of piperazine rings is 1. The predicted molar refractivity (Wildman–Crippen MR) is 125 cm³/mol. The van der Waals surface area contributed by atoms with E-state index in [0.29, 0.717) is 42.6 Å². The smallest absolute Gasteiger partial charge is 0.352 e. The molecule has 0 aliphatic carbocycles. The maximum Gasteiger partial charge on any atom is 0.429 e. The Morgan fingerprint density at radius 2 is 1.71 bits per heavy atom. The van der Waals surface area contributed by atoms with E-state index in [1.165, 1.54) is 17.6 Å². The van der Waals surface area contributed by atoms with Crippen LogP contribution in [0.15, 0.2) is 35.8 Å². The van der Waals surface area contributed by atoms with Crippen LogP contribution in [0, 0.1) is 5.82 Å². The van der Waals surface area contributed by atoms with Crippen LogP contribution in [-0.4, -0.2) is 53.7 Å². The Kier molecular flexibility index (Phi) is 6.05. The van der Waals surface area contributed by atoms with Crippen LogP contribution < -0.4 is 14.7 Å². The number of aromatic nitrogens is 3. The zero-order valence-electron chi connectivity index (χ0n) is 18.6. The van der Waals surface area contributed by atoms with E-state index < -0.39 is 11.1 Å². The molecule has 2 saturated heterocycles. The molecule has 34 heavy (non-hydrogen) atoms. The zero-order valence-corrected chi connectivity index (χ0v) is 19.4. The summed E-state index contributed by atoms with van der Waals surface area (Å²) in [5, 5.41) is 0. The van der Waals surface area contributed by atoms with E-state index >= 15 is 0 Å². The van der Waals surface area contributed by atoms with Crippen molar-refractivity contribution < 1.29 is 17.6 Å². The lowest BCUT2D eigenvalue weighted by Crippen LogP contribution is -2.53. The molecule has 180 valence electrons. The van der Waals surface area contributed by atoms with Gasteiger partial charge in [-0.2, -0.15) is 18.2 Å². The summed E-state index contributed by atoms with van der Waals surface area (Å²) < 4.78 is 53.6. The monoisotopic (exact) mass is 492 g/mol. The Hall–Kier alpha value is -2.95. The number of benzene rings is 1. The molecule has 2 aliphatic heterocycles. The maximum absolute atomic E-state index is 13.5. The molecule has 0 saturated carbocycles. The summed E-state index contributed by atoms with van der Waals surface area (Å²) >= 11 is 0.621. The fourth-order valence-corrected chi connectivity index (χ4v) is 5.22. The lowest BCUT2D eigenvalue weighted by molar-refractivity contribution is -0.134. The normalized spacial score (nSPS) is 19.2. The first-order valence-electron chi connectivity index (χ1n) is 11.2. The minimum Gasteiger partial charge on any atom is -0.352 e. The molecule has 0 N–H and O–H groups in total. The van der Waals surface area contributed by atoms with Gasteiger partial charge in [-0.25, -0.2) is 14.4 Å². The molecule has 1 unspecified atom stereocenters. The first-order valence-corrected chi connectivity index (χ1v) is 12.1. The van der Waals surface area contributed by atoms with Crippen LogP contribution >= 0.6 is 11.3 Å². The van der Waals surface area contributed by atoms with Gasteiger partial charge in [-0.05, 0) is 44.0 Å². The van der Waals surface area contributed by atoms with Crippen molar-refractivity contribution in [3.05, 3.63) is 46.5 Å². The second-order valence-corrected chi connectivity index (χ2v) is 9.46. The summed E-state index contributed by atoms with van der Waals surface area (Å²) in [5.41, 5.74) is 2.73. The number of thiazole rings is 1. The number of hydrogen-bond donors (Lipinski definition) is 0. The van der Waals surface area contributed by atoms with Crippen molar-refractivity contribution in [3.8, 4) is 11.3 Å². The highest BCUT2D eigenvalue weighted by Crippen LogP contribution is 2.40. The Labute approximate surface area is 198 Å². The van der Waals surface area contributed by atoms with Gasteiger partial charge in [0.2, 0.25) is 5.95 Å². The minimum absolute atomic E-state index is 0.00329. The van der Waals surface area contributed by atoms with Crippen LogP contribution in [-0.2, 0) is 6.18 Å². The summed E-state index contributed by atoms with van der Waals surface area (Å²) in [6.45, 7) is 5.00. The first kappa shape index (κ1) is 22.8. The number of hydrogen-bond acceptors (Lipinski definition) is 7. The van der Waals surface area contributed by atoms with Gasteiger partial charge >= 0.3 is 6.18 Å². The quantitative estimate of drug-likeness (QED) is 0.474. The van der Waals surface area contributed by atoms with Gasteiger partial charge in [-0.1, -0.05) is 0 Å². The van der Waals surface area contributed by atoms with Gasteiger partial charge in [0.15, 0.2) is 10.7 Å². The van der Waals surface area contributed by atoms with E-state index in [4.69, 9.17) is 9.97 Å². The number of nitrogens with zero attached hydrogens (tertiary/aromatic N) is 6. The fourth-order valence-electron chi connectivity index (χ4n) is 4.55. The molecule has 1 aromatic carbocycles. The standard InChI is InChI=1S/C23H24F4N6S/c1-15-13-32(21-20(23(25,26)27)34-14-28-21)10-11-33(15)19-12-18(16-4-6-17(24)7-5-16)29-22(30-19)31-8-2-3-9-31/h4-7,12,14-15H,2-3,8-11,13H2,1H3. The van der Waals surface area contributed by atoms with E-state index in [9.17, 15) is 17.6 Å². The average Bonchev–Trinajstić information content (AvgIpc) is 3.51. The van der Waals surface area contributed by atoms with E-state index in [1.807, 2.05) is 13.0 Å². The number of halogens is 4. The second kappa shape index (κ2) is 9.01. The van der Waals surface area contributed by atoms with E-state index in [-0.39, 0.29) is 17.7 Å². The van der Waals surface area contributed by atoms with Crippen LogP contribution in [0.5, 0.6) is 0 Å². The highest BCUT2D eigenvalue weighted by molar-refractivity contribution is 7.10. The number of alkyl halides is 3. The lowest BCUT2D eigenvalue weighted by Gasteiger charge is -2.41. The Bertz CT molecular complexity index is 1140. The molecule has 0 bridgehead atoms. The van der Waals surface area contributed by atoms with Crippen molar-refractivity contribution >= 4 is 28.9 Å².